The van der Waals surface area contributed by atoms with Crippen LogP contribution < -0.4 is 5.32 Å². The molecule has 0 radical (unpaired) electrons. The van der Waals surface area contributed by atoms with Gasteiger partial charge < -0.3 is 5.32 Å². The molecule has 3 rings (SSSR count). The van der Waals surface area contributed by atoms with Crippen molar-refractivity contribution in [2.75, 3.05) is 6.54 Å². The SMILES string of the molecule is CC(C)Cn1cc(C2NCC23CCCC3)cn1. The van der Waals surface area contributed by atoms with Gasteiger partial charge in [-0.25, -0.2) is 0 Å². The van der Waals surface area contributed by atoms with Crippen LogP contribution >= 0.6 is 0 Å². The van der Waals surface area contributed by atoms with Crippen LogP contribution in [-0.4, -0.2) is 16.3 Å². The molecular weight excluding hydrogens is 210 g/mol. The molecule has 1 N–H and O–H groups in total. The Morgan fingerprint density at radius 2 is 2.24 bits per heavy atom. The quantitative estimate of drug-likeness (QED) is 0.870. The molecule has 3 nitrogen and oxygen atoms in total. The van der Waals surface area contributed by atoms with E-state index in [-0.39, 0.29) is 0 Å². The topological polar surface area (TPSA) is 29.9 Å². The summed E-state index contributed by atoms with van der Waals surface area (Å²) in [5.74, 6) is 0.664. The van der Waals surface area contributed by atoms with E-state index in [1.54, 1.807) is 0 Å². The molecule has 1 aliphatic carbocycles. The molecule has 1 spiro atoms. The van der Waals surface area contributed by atoms with Crippen LogP contribution in [0.5, 0.6) is 0 Å². The van der Waals surface area contributed by atoms with Gasteiger partial charge in [-0.05, 0) is 18.8 Å². The highest BCUT2D eigenvalue weighted by atomic mass is 15.3. The smallest absolute Gasteiger partial charge is 0.0537 e. The van der Waals surface area contributed by atoms with Crippen LogP contribution in [0.1, 0.15) is 51.1 Å². The van der Waals surface area contributed by atoms with Gasteiger partial charge in [0.2, 0.25) is 0 Å². The van der Waals surface area contributed by atoms with E-state index in [0.717, 1.165) is 6.54 Å². The average Bonchev–Trinajstić information content (AvgIpc) is 2.85. The van der Waals surface area contributed by atoms with Crippen LogP contribution in [0.25, 0.3) is 0 Å². The molecule has 1 aromatic heterocycles. The fraction of sp³-hybridized carbons (Fsp3) is 0.786. The summed E-state index contributed by atoms with van der Waals surface area (Å²) in [6.45, 7) is 6.72. The second-order valence-corrected chi connectivity index (χ2v) is 6.27. The zero-order valence-electron chi connectivity index (χ0n) is 10.9. The van der Waals surface area contributed by atoms with Gasteiger partial charge in [0.15, 0.2) is 0 Å². The van der Waals surface area contributed by atoms with Crippen LogP contribution in [0.15, 0.2) is 12.4 Å². The number of nitrogens with one attached hydrogen (secondary N) is 1. The van der Waals surface area contributed by atoms with E-state index in [9.17, 15) is 0 Å². The second-order valence-electron chi connectivity index (χ2n) is 6.27. The molecule has 2 fully saturated rings. The Labute approximate surface area is 104 Å². The van der Waals surface area contributed by atoms with Gasteiger partial charge in [0.1, 0.15) is 0 Å². The van der Waals surface area contributed by atoms with Crippen molar-refractivity contribution in [1.29, 1.82) is 0 Å². The zero-order chi connectivity index (χ0) is 11.9. The first-order valence-electron chi connectivity index (χ1n) is 6.95. The van der Waals surface area contributed by atoms with Crippen LogP contribution in [0.4, 0.5) is 0 Å². The molecule has 1 aromatic rings. The normalized spacial score (nSPS) is 26.6. The molecule has 1 aliphatic heterocycles. The number of nitrogens with zero attached hydrogens (tertiary/aromatic N) is 2. The van der Waals surface area contributed by atoms with Crippen molar-refractivity contribution in [3.05, 3.63) is 18.0 Å². The van der Waals surface area contributed by atoms with Crippen molar-refractivity contribution >= 4 is 0 Å². The van der Waals surface area contributed by atoms with Gasteiger partial charge in [-0.15, -0.1) is 0 Å². The Balaban J connectivity index is 1.74. The number of rotatable bonds is 3. The Hall–Kier alpha value is -0.830. The Morgan fingerprint density at radius 1 is 1.47 bits per heavy atom. The van der Waals surface area contributed by atoms with Gasteiger partial charge >= 0.3 is 0 Å². The van der Waals surface area contributed by atoms with E-state index >= 15 is 0 Å². The summed E-state index contributed by atoms with van der Waals surface area (Å²) in [7, 11) is 0. The van der Waals surface area contributed by atoms with Gasteiger partial charge in [0.25, 0.3) is 0 Å². The lowest BCUT2D eigenvalue weighted by atomic mass is 9.70. The zero-order valence-corrected chi connectivity index (χ0v) is 10.9. The van der Waals surface area contributed by atoms with Gasteiger partial charge in [0.05, 0.1) is 6.20 Å². The first-order valence-corrected chi connectivity index (χ1v) is 6.95. The molecule has 1 saturated carbocycles. The summed E-state index contributed by atoms with van der Waals surface area (Å²) >= 11 is 0. The average molecular weight is 233 g/mol. The van der Waals surface area contributed by atoms with Crippen molar-refractivity contribution in [3.8, 4) is 0 Å². The van der Waals surface area contributed by atoms with Gasteiger partial charge in [-0.3, -0.25) is 4.68 Å². The summed E-state index contributed by atoms with van der Waals surface area (Å²) in [6, 6.07) is 0.575. The molecule has 0 amide bonds. The molecule has 2 aliphatic rings. The number of hydrogen-bond donors (Lipinski definition) is 1. The van der Waals surface area contributed by atoms with E-state index in [0.29, 0.717) is 17.4 Å². The van der Waals surface area contributed by atoms with Crippen molar-refractivity contribution in [2.24, 2.45) is 11.3 Å². The maximum Gasteiger partial charge on any atom is 0.0537 e. The Morgan fingerprint density at radius 3 is 2.82 bits per heavy atom. The first-order chi connectivity index (χ1) is 8.20. The van der Waals surface area contributed by atoms with Crippen LogP contribution in [0.3, 0.4) is 0 Å². The Bertz CT molecular complexity index is 388. The Kier molecular flexibility index (Phi) is 2.74. The maximum absolute atomic E-state index is 4.49. The van der Waals surface area contributed by atoms with E-state index in [1.165, 1.54) is 37.8 Å². The van der Waals surface area contributed by atoms with Crippen molar-refractivity contribution in [1.82, 2.24) is 15.1 Å². The minimum absolute atomic E-state index is 0.575. The van der Waals surface area contributed by atoms with E-state index in [4.69, 9.17) is 0 Å². The molecule has 1 saturated heterocycles. The van der Waals surface area contributed by atoms with Crippen LogP contribution in [0, 0.1) is 11.3 Å². The van der Waals surface area contributed by atoms with Crippen molar-refractivity contribution < 1.29 is 0 Å². The van der Waals surface area contributed by atoms with Gasteiger partial charge in [0, 0.05) is 36.3 Å². The summed E-state index contributed by atoms with van der Waals surface area (Å²) in [4.78, 5) is 0. The third-order valence-corrected chi connectivity index (χ3v) is 4.41. The number of hydrogen-bond acceptors (Lipinski definition) is 2. The third-order valence-electron chi connectivity index (χ3n) is 4.41. The predicted molar refractivity (Wildman–Crippen MR) is 68.7 cm³/mol. The minimum atomic E-state index is 0.575. The standard InChI is InChI=1S/C14H23N3/c1-11(2)8-17-9-12(7-16-17)13-14(10-15-13)5-3-4-6-14/h7,9,11,13,15H,3-6,8,10H2,1-2H3. The summed E-state index contributed by atoms with van der Waals surface area (Å²) in [5, 5.41) is 8.10. The number of aromatic nitrogens is 2. The predicted octanol–water partition coefficient (Wildman–Crippen LogP) is 2.74. The highest BCUT2D eigenvalue weighted by Crippen LogP contribution is 2.52. The fourth-order valence-electron chi connectivity index (χ4n) is 3.51. The monoisotopic (exact) mass is 233 g/mol. The first kappa shape index (κ1) is 11.3. The lowest BCUT2D eigenvalue weighted by molar-refractivity contribution is 0.0893. The molecule has 0 aromatic carbocycles. The molecule has 1 unspecified atom stereocenters. The highest BCUT2D eigenvalue weighted by molar-refractivity contribution is 5.21. The van der Waals surface area contributed by atoms with Crippen LogP contribution in [0.2, 0.25) is 0 Å². The minimum Gasteiger partial charge on any atom is -0.309 e. The molecule has 0 bridgehead atoms. The molecule has 1 atom stereocenters. The summed E-state index contributed by atoms with van der Waals surface area (Å²) < 4.78 is 2.10. The lowest BCUT2D eigenvalue weighted by Gasteiger charge is -2.48. The molecule has 3 heteroatoms. The largest absolute Gasteiger partial charge is 0.309 e. The third kappa shape index (κ3) is 1.90. The van der Waals surface area contributed by atoms with E-state index < -0.39 is 0 Å². The van der Waals surface area contributed by atoms with E-state index in [1.807, 2.05) is 0 Å². The molecule has 17 heavy (non-hydrogen) atoms. The maximum atomic E-state index is 4.49. The van der Waals surface area contributed by atoms with Crippen molar-refractivity contribution in [3.63, 3.8) is 0 Å². The fourth-order valence-corrected chi connectivity index (χ4v) is 3.51. The van der Waals surface area contributed by atoms with Gasteiger partial charge in [-0.2, -0.15) is 5.10 Å². The summed E-state index contributed by atoms with van der Waals surface area (Å²) in [6.07, 6.45) is 9.95. The van der Waals surface area contributed by atoms with Crippen LogP contribution in [-0.2, 0) is 6.54 Å². The molecule has 94 valence electrons. The second kappa shape index (κ2) is 4.13. The molecule has 2 heterocycles. The lowest BCUT2D eigenvalue weighted by Crippen LogP contribution is -2.54. The molecular formula is C14H23N3. The summed E-state index contributed by atoms with van der Waals surface area (Å²) in [5.41, 5.74) is 1.98. The highest BCUT2D eigenvalue weighted by Gasteiger charge is 2.48. The van der Waals surface area contributed by atoms with E-state index in [2.05, 4.69) is 41.3 Å². The van der Waals surface area contributed by atoms with Gasteiger partial charge in [-0.1, -0.05) is 26.7 Å². The van der Waals surface area contributed by atoms with Crippen molar-refractivity contribution in [2.45, 2.75) is 52.1 Å².